The van der Waals surface area contributed by atoms with Crippen LogP contribution in [0.5, 0.6) is 0 Å². The molecule has 12 heavy (non-hydrogen) atoms. The Bertz CT molecular complexity index is 91.8. The monoisotopic (exact) mass is 172 g/mol. The molecule has 0 aliphatic carbocycles. The molecule has 2 heteroatoms. The van der Waals surface area contributed by atoms with Crippen molar-refractivity contribution in [2.24, 2.45) is 0 Å². The molecule has 0 aliphatic rings. The van der Waals surface area contributed by atoms with E-state index in [1.54, 1.807) is 0 Å². The molecule has 0 saturated carbocycles. The lowest BCUT2D eigenvalue weighted by atomic mass is 10.1. The van der Waals surface area contributed by atoms with Gasteiger partial charge in [-0.3, -0.25) is 0 Å². The molecule has 0 rings (SSSR count). The van der Waals surface area contributed by atoms with E-state index in [-0.39, 0.29) is 0 Å². The zero-order chi connectivity index (χ0) is 9.40. The topological polar surface area (TPSA) is 15.3 Å². The predicted octanol–water partition coefficient (Wildman–Crippen LogP) is 1.72. The average molecular weight is 172 g/mol. The molecule has 0 bridgehead atoms. The largest absolute Gasteiger partial charge is 0.313 e. The summed E-state index contributed by atoms with van der Waals surface area (Å²) in [6, 6.07) is 0.685. The van der Waals surface area contributed by atoms with E-state index in [4.69, 9.17) is 0 Å². The van der Waals surface area contributed by atoms with Crippen molar-refractivity contribution >= 4 is 0 Å². The van der Waals surface area contributed by atoms with E-state index in [1.165, 1.54) is 19.3 Å². The SMILES string of the molecule is CCCNC(CCC)CN(C)C. The van der Waals surface area contributed by atoms with Crippen molar-refractivity contribution in [3.8, 4) is 0 Å². The van der Waals surface area contributed by atoms with Crippen molar-refractivity contribution in [2.75, 3.05) is 27.2 Å². The van der Waals surface area contributed by atoms with Crippen LogP contribution in [0.4, 0.5) is 0 Å². The van der Waals surface area contributed by atoms with Gasteiger partial charge in [-0.1, -0.05) is 20.3 Å². The standard InChI is InChI=1S/C10H24N2/c1-5-7-10(9-12(3)4)11-8-6-2/h10-11H,5-9H2,1-4H3. The van der Waals surface area contributed by atoms with Gasteiger partial charge in [0.15, 0.2) is 0 Å². The quantitative estimate of drug-likeness (QED) is 0.629. The van der Waals surface area contributed by atoms with Crippen LogP contribution in [0.3, 0.4) is 0 Å². The minimum Gasteiger partial charge on any atom is -0.313 e. The van der Waals surface area contributed by atoms with E-state index in [0.717, 1.165) is 13.1 Å². The Morgan fingerprint density at radius 1 is 1.17 bits per heavy atom. The first-order valence-electron chi connectivity index (χ1n) is 5.08. The van der Waals surface area contributed by atoms with Crippen molar-refractivity contribution in [1.82, 2.24) is 10.2 Å². The number of likely N-dealkylation sites (N-methyl/N-ethyl adjacent to an activating group) is 1. The first kappa shape index (κ1) is 11.9. The summed E-state index contributed by atoms with van der Waals surface area (Å²) in [5.74, 6) is 0. The van der Waals surface area contributed by atoms with E-state index >= 15 is 0 Å². The molecule has 0 aromatic rings. The van der Waals surface area contributed by atoms with E-state index in [2.05, 4.69) is 38.2 Å². The number of hydrogen-bond donors (Lipinski definition) is 1. The third-order valence-corrected chi connectivity index (χ3v) is 1.91. The van der Waals surface area contributed by atoms with Crippen LogP contribution in [0.1, 0.15) is 33.1 Å². The van der Waals surface area contributed by atoms with Gasteiger partial charge in [0, 0.05) is 12.6 Å². The van der Waals surface area contributed by atoms with Crippen LogP contribution in [0, 0.1) is 0 Å². The fraction of sp³-hybridized carbons (Fsp3) is 1.00. The zero-order valence-corrected chi connectivity index (χ0v) is 9.06. The van der Waals surface area contributed by atoms with Gasteiger partial charge < -0.3 is 10.2 Å². The number of nitrogens with zero attached hydrogens (tertiary/aromatic N) is 1. The van der Waals surface area contributed by atoms with Crippen LogP contribution in [0.25, 0.3) is 0 Å². The van der Waals surface area contributed by atoms with Crippen LogP contribution >= 0.6 is 0 Å². The molecule has 0 spiro atoms. The third kappa shape index (κ3) is 6.62. The first-order chi connectivity index (χ1) is 5.70. The van der Waals surface area contributed by atoms with Gasteiger partial charge >= 0.3 is 0 Å². The molecule has 0 heterocycles. The fourth-order valence-corrected chi connectivity index (χ4v) is 1.40. The maximum atomic E-state index is 3.56. The summed E-state index contributed by atoms with van der Waals surface area (Å²) < 4.78 is 0. The van der Waals surface area contributed by atoms with Crippen LogP contribution in [0.15, 0.2) is 0 Å². The van der Waals surface area contributed by atoms with Gasteiger partial charge in [-0.15, -0.1) is 0 Å². The van der Waals surface area contributed by atoms with E-state index < -0.39 is 0 Å². The molecule has 0 aromatic carbocycles. The van der Waals surface area contributed by atoms with Gasteiger partial charge in [0.25, 0.3) is 0 Å². The molecular weight excluding hydrogens is 148 g/mol. The smallest absolute Gasteiger partial charge is 0.0194 e. The Labute approximate surface area is 77.3 Å². The van der Waals surface area contributed by atoms with E-state index in [1.807, 2.05) is 0 Å². The van der Waals surface area contributed by atoms with Crippen molar-refractivity contribution in [1.29, 1.82) is 0 Å². The number of nitrogens with one attached hydrogen (secondary N) is 1. The van der Waals surface area contributed by atoms with Gasteiger partial charge in [-0.2, -0.15) is 0 Å². The molecule has 1 atom stereocenters. The fourth-order valence-electron chi connectivity index (χ4n) is 1.40. The van der Waals surface area contributed by atoms with Crippen LogP contribution in [0.2, 0.25) is 0 Å². The summed E-state index contributed by atoms with van der Waals surface area (Å²) in [5, 5.41) is 3.56. The second-order valence-corrected chi connectivity index (χ2v) is 3.70. The Morgan fingerprint density at radius 3 is 2.25 bits per heavy atom. The summed E-state index contributed by atoms with van der Waals surface area (Å²) in [4.78, 5) is 2.25. The molecule has 0 radical (unpaired) electrons. The maximum Gasteiger partial charge on any atom is 0.0194 e. The minimum atomic E-state index is 0.685. The number of rotatable bonds is 7. The zero-order valence-electron chi connectivity index (χ0n) is 9.06. The minimum absolute atomic E-state index is 0.685. The van der Waals surface area contributed by atoms with Crippen molar-refractivity contribution in [3.05, 3.63) is 0 Å². The van der Waals surface area contributed by atoms with Gasteiger partial charge in [-0.05, 0) is 33.5 Å². The Balaban J connectivity index is 3.54. The predicted molar refractivity (Wildman–Crippen MR) is 55.5 cm³/mol. The van der Waals surface area contributed by atoms with Crippen LogP contribution in [-0.2, 0) is 0 Å². The summed E-state index contributed by atoms with van der Waals surface area (Å²) in [5.41, 5.74) is 0. The van der Waals surface area contributed by atoms with Gasteiger partial charge in [-0.25, -0.2) is 0 Å². The second-order valence-electron chi connectivity index (χ2n) is 3.70. The van der Waals surface area contributed by atoms with Crippen molar-refractivity contribution in [2.45, 2.75) is 39.2 Å². The van der Waals surface area contributed by atoms with E-state index in [0.29, 0.717) is 6.04 Å². The summed E-state index contributed by atoms with van der Waals surface area (Å²) in [7, 11) is 4.27. The van der Waals surface area contributed by atoms with Gasteiger partial charge in [0.05, 0.1) is 0 Å². The van der Waals surface area contributed by atoms with Crippen molar-refractivity contribution < 1.29 is 0 Å². The molecule has 0 fully saturated rings. The highest BCUT2D eigenvalue weighted by Crippen LogP contribution is 1.97. The van der Waals surface area contributed by atoms with Crippen LogP contribution < -0.4 is 5.32 Å². The molecule has 74 valence electrons. The van der Waals surface area contributed by atoms with Crippen molar-refractivity contribution in [3.63, 3.8) is 0 Å². The number of hydrogen-bond acceptors (Lipinski definition) is 2. The van der Waals surface area contributed by atoms with E-state index in [9.17, 15) is 0 Å². The summed E-state index contributed by atoms with van der Waals surface area (Å²) in [6.45, 7) is 6.77. The molecule has 0 aliphatic heterocycles. The highest BCUT2D eigenvalue weighted by Gasteiger charge is 2.06. The third-order valence-electron chi connectivity index (χ3n) is 1.91. The van der Waals surface area contributed by atoms with Gasteiger partial charge in [0.1, 0.15) is 0 Å². The molecule has 0 aromatic heterocycles. The Kier molecular flexibility index (Phi) is 7.51. The Morgan fingerprint density at radius 2 is 1.83 bits per heavy atom. The summed E-state index contributed by atoms with van der Waals surface area (Å²) >= 11 is 0. The molecule has 1 unspecified atom stereocenters. The average Bonchev–Trinajstić information content (AvgIpc) is 2.00. The molecule has 1 N–H and O–H groups in total. The lowest BCUT2D eigenvalue weighted by Gasteiger charge is -2.21. The highest BCUT2D eigenvalue weighted by atomic mass is 15.1. The first-order valence-corrected chi connectivity index (χ1v) is 5.08. The maximum absolute atomic E-state index is 3.56. The van der Waals surface area contributed by atoms with Crippen LogP contribution in [-0.4, -0.2) is 38.1 Å². The molecular formula is C10H24N2. The highest BCUT2D eigenvalue weighted by molar-refractivity contribution is 4.68. The Hall–Kier alpha value is -0.0800. The lowest BCUT2D eigenvalue weighted by Crippen LogP contribution is -2.38. The molecule has 0 amide bonds. The van der Waals surface area contributed by atoms with Gasteiger partial charge in [0.2, 0.25) is 0 Å². The lowest BCUT2D eigenvalue weighted by molar-refractivity contribution is 0.325. The second kappa shape index (κ2) is 7.56. The normalized spacial score (nSPS) is 13.8. The summed E-state index contributed by atoms with van der Waals surface area (Å²) in [6.07, 6.45) is 3.79. The molecule has 2 nitrogen and oxygen atoms in total. The molecule has 0 saturated heterocycles.